The van der Waals surface area contributed by atoms with Gasteiger partial charge in [-0.1, -0.05) is 25.4 Å². The van der Waals surface area contributed by atoms with Crippen LogP contribution in [-0.2, 0) is 4.79 Å². The fourth-order valence-electron chi connectivity index (χ4n) is 2.75. The summed E-state index contributed by atoms with van der Waals surface area (Å²) >= 11 is 5.87. The Morgan fingerprint density at radius 1 is 1.07 bits per heavy atom. The number of hydrogen-bond donors (Lipinski definition) is 2. The molecule has 29 heavy (non-hydrogen) atoms. The molecule has 0 spiro atoms. The van der Waals surface area contributed by atoms with Gasteiger partial charge in [0.2, 0.25) is 5.91 Å². The molecule has 2 amide bonds. The van der Waals surface area contributed by atoms with E-state index in [-0.39, 0.29) is 17.7 Å². The van der Waals surface area contributed by atoms with E-state index in [9.17, 15) is 9.59 Å². The first-order valence-corrected chi connectivity index (χ1v) is 9.51. The summed E-state index contributed by atoms with van der Waals surface area (Å²) in [4.78, 5) is 25.3. The Morgan fingerprint density at radius 3 is 2.34 bits per heavy atom. The van der Waals surface area contributed by atoms with Gasteiger partial charge < -0.3 is 10.6 Å². The van der Waals surface area contributed by atoms with Crippen molar-refractivity contribution in [3.8, 4) is 5.69 Å². The first kappa shape index (κ1) is 20.5. The third-order valence-electron chi connectivity index (χ3n) is 4.18. The largest absolute Gasteiger partial charge is 0.340 e. The lowest BCUT2D eigenvalue weighted by molar-refractivity contribution is -0.118. The molecule has 9 heteroatoms. The second-order valence-corrected chi connectivity index (χ2v) is 7.39. The molecule has 0 aliphatic rings. The SMILES string of the molecule is CC(C)C[C@@H](NC(=O)c1ccc(Cl)cc1)C(=O)Nc1ccc(-n2cnnn2)cc1. The number of anilines is 1. The number of benzene rings is 2. The molecule has 150 valence electrons. The Hall–Kier alpha value is -3.26. The van der Waals surface area contributed by atoms with E-state index in [1.165, 1.54) is 11.0 Å². The minimum atomic E-state index is -0.669. The maximum Gasteiger partial charge on any atom is 0.251 e. The lowest BCUT2D eigenvalue weighted by atomic mass is 10.0. The molecular formula is C20H21ClN6O2. The number of aromatic nitrogens is 4. The minimum Gasteiger partial charge on any atom is -0.340 e. The van der Waals surface area contributed by atoms with Crippen molar-refractivity contribution in [3.63, 3.8) is 0 Å². The van der Waals surface area contributed by atoms with E-state index in [0.717, 1.165) is 5.69 Å². The normalized spacial score (nSPS) is 11.9. The van der Waals surface area contributed by atoms with Crippen LogP contribution >= 0.6 is 11.6 Å². The average Bonchev–Trinajstić information content (AvgIpc) is 3.23. The smallest absolute Gasteiger partial charge is 0.251 e. The zero-order valence-electron chi connectivity index (χ0n) is 16.0. The van der Waals surface area contributed by atoms with E-state index in [0.29, 0.717) is 22.7 Å². The summed E-state index contributed by atoms with van der Waals surface area (Å²) in [6.45, 7) is 3.99. The highest BCUT2D eigenvalue weighted by Gasteiger charge is 2.22. The molecule has 1 aromatic heterocycles. The summed E-state index contributed by atoms with van der Waals surface area (Å²) in [5.74, 6) is -0.383. The number of amides is 2. The van der Waals surface area contributed by atoms with Crippen LogP contribution in [-0.4, -0.2) is 38.1 Å². The summed E-state index contributed by atoms with van der Waals surface area (Å²) in [6, 6.07) is 12.9. The standard InChI is InChI=1S/C20H21ClN6O2/c1-13(2)11-18(24-19(28)14-3-5-15(21)6-4-14)20(29)23-16-7-9-17(10-8-16)27-12-22-25-26-27/h3-10,12-13,18H,11H2,1-2H3,(H,23,29)(H,24,28)/t18-/m1/s1. The number of rotatable bonds is 7. The lowest BCUT2D eigenvalue weighted by Gasteiger charge is -2.20. The van der Waals surface area contributed by atoms with Crippen LogP contribution in [0.1, 0.15) is 30.6 Å². The van der Waals surface area contributed by atoms with E-state index >= 15 is 0 Å². The Labute approximate surface area is 173 Å². The molecule has 1 heterocycles. The van der Waals surface area contributed by atoms with Crippen molar-refractivity contribution in [1.82, 2.24) is 25.5 Å². The Balaban J connectivity index is 1.68. The van der Waals surface area contributed by atoms with Crippen LogP contribution in [0, 0.1) is 5.92 Å². The van der Waals surface area contributed by atoms with Gasteiger partial charge in [0.15, 0.2) is 0 Å². The lowest BCUT2D eigenvalue weighted by Crippen LogP contribution is -2.44. The Morgan fingerprint density at radius 2 is 1.76 bits per heavy atom. The second-order valence-electron chi connectivity index (χ2n) is 6.95. The Kier molecular flexibility index (Phi) is 6.56. The van der Waals surface area contributed by atoms with Crippen LogP contribution in [0.3, 0.4) is 0 Å². The van der Waals surface area contributed by atoms with Gasteiger partial charge in [-0.05, 0) is 71.3 Å². The number of tetrazole rings is 1. The van der Waals surface area contributed by atoms with Gasteiger partial charge in [0.1, 0.15) is 12.4 Å². The van der Waals surface area contributed by atoms with Crippen molar-refractivity contribution in [3.05, 3.63) is 65.4 Å². The maximum atomic E-state index is 12.8. The van der Waals surface area contributed by atoms with Crippen LogP contribution in [0.4, 0.5) is 5.69 Å². The first-order valence-electron chi connectivity index (χ1n) is 9.13. The van der Waals surface area contributed by atoms with Crippen LogP contribution in [0.15, 0.2) is 54.9 Å². The molecule has 3 rings (SSSR count). The molecule has 2 N–H and O–H groups in total. The summed E-state index contributed by atoms with van der Waals surface area (Å²) in [7, 11) is 0. The molecule has 0 saturated heterocycles. The quantitative estimate of drug-likeness (QED) is 0.620. The predicted octanol–water partition coefficient (Wildman–Crippen LogP) is 3.10. The molecule has 0 unspecified atom stereocenters. The van der Waals surface area contributed by atoms with Crippen molar-refractivity contribution in [2.45, 2.75) is 26.3 Å². The van der Waals surface area contributed by atoms with Gasteiger partial charge in [0, 0.05) is 16.3 Å². The maximum absolute atomic E-state index is 12.8. The van der Waals surface area contributed by atoms with Crippen LogP contribution in [0.5, 0.6) is 0 Å². The van der Waals surface area contributed by atoms with Crippen molar-refractivity contribution in [2.24, 2.45) is 5.92 Å². The first-order chi connectivity index (χ1) is 13.9. The van der Waals surface area contributed by atoms with Gasteiger partial charge in [0.05, 0.1) is 5.69 Å². The van der Waals surface area contributed by atoms with E-state index in [1.54, 1.807) is 48.5 Å². The van der Waals surface area contributed by atoms with Crippen molar-refractivity contribution >= 4 is 29.1 Å². The zero-order valence-corrected chi connectivity index (χ0v) is 16.8. The number of hydrogen-bond acceptors (Lipinski definition) is 5. The fourth-order valence-corrected chi connectivity index (χ4v) is 2.88. The molecular weight excluding hydrogens is 392 g/mol. The highest BCUT2D eigenvalue weighted by Crippen LogP contribution is 2.15. The van der Waals surface area contributed by atoms with Gasteiger partial charge in [-0.15, -0.1) is 5.10 Å². The number of carbonyl (C=O) groups excluding carboxylic acids is 2. The summed E-state index contributed by atoms with van der Waals surface area (Å²) < 4.78 is 1.51. The Bertz CT molecular complexity index is 956. The molecule has 2 aromatic carbocycles. The van der Waals surface area contributed by atoms with E-state index in [4.69, 9.17) is 11.6 Å². The number of halogens is 1. The molecule has 8 nitrogen and oxygen atoms in total. The molecule has 1 atom stereocenters. The third-order valence-corrected chi connectivity index (χ3v) is 4.44. The number of nitrogens with one attached hydrogen (secondary N) is 2. The minimum absolute atomic E-state index is 0.221. The fraction of sp³-hybridized carbons (Fsp3) is 0.250. The van der Waals surface area contributed by atoms with Crippen molar-refractivity contribution in [2.75, 3.05) is 5.32 Å². The van der Waals surface area contributed by atoms with E-state index in [1.807, 2.05) is 13.8 Å². The highest BCUT2D eigenvalue weighted by atomic mass is 35.5. The average molecular weight is 413 g/mol. The number of nitrogens with zero attached hydrogens (tertiary/aromatic N) is 4. The molecule has 0 radical (unpaired) electrons. The molecule has 0 saturated carbocycles. The summed E-state index contributed by atoms with van der Waals surface area (Å²) in [5.41, 5.74) is 1.82. The van der Waals surface area contributed by atoms with Crippen LogP contribution in [0.25, 0.3) is 5.69 Å². The molecule has 0 fully saturated rings. The van der Waals surface area contributed by atoms with Gasteiger partial charge in [0.25, 0.3) is 5.91 Å². The van der Waals surface area contributed by atoms with E-state index < -0.39 is 6.04 Å². The van der Waals surface area contributed by atoms with Crippen molar-refractivity contribution in [1.29, 1.82) is 0 Å². The molecule has 3 aromatic rings. The van der Waals surface area contributed by atoms with Gasteiger partial charge in [-0.25, -0.2) is 4.68 Å². The number of carbonyl (C=O) groups is 2. The predicted molar refractivity (Wildman–Crippen MR) is 110 cm³/mol. The van der Waals surface area contributed by atoms with E-state index in [2.05, 4.69) is 26.2 Å². The molecule has 0 aliphatic heterocycles. The van der Waals surface area contributed by atoms with Gasteiger partial charge in [-0.3, -0.25) is 9.59 Å². The van der Waals surface area contributed by atoms with Crippen LogP contribution in [0.2, 0.25) is 5.02 Å². The molecule has 0 bridgehead atoms. The third kappa shape index (κ3) is 5.61. The highest BCUT2D eigenvalue weighted by molar-refractivity contribution is 6.30. The van der Waals surface area contributed by atoms with Crippen LogP contribution < -0.4 is 10.6 Å². The topological polar surface area (TPSA) is 102 Å². The van der Waals surface area contributed by atoms with Gasteiger partial charge in [-0.2, -0.15) is 0 Å². The second kappa shape index (κ2) is 9.29. The van der Waals surface area contributed by atoms with Crippen molar-refractivity contribution < 1.29 is 9.59 Å². The summed E-state index contributed by atoms with van der Waals surface area (Å²) in [6.07, 6.45) is 1.99. The zero-order chi connectivity index (χ0) is 20.8. The molecule has 0 aliphatic carbocycles. The monoisotopic (exact) mass is 412 g/mol. The summed E-state index contributed by atoms with van der Waals surface area (Å²) in [5, 5.41) is 17.2. The van der Waals surface area contributed by atoms with Gasteiger partial charge >= 0.3 is 0 Å².